The summed E-state index contributed by atoms with van der Waals surface area (Å²) in [6.07, 6.45) is -0.370. The number of hydrogen-bond donors (Lipinski definition) is 3. The molecule has 1 aliphatic heterocycles. The molecule has 1 aliphatic carbocycles. The van der Waals surface area contributed by atoms with Crippen molar-refractivity contribution in [3.63, 3.8) is 0 Å². The summed E-state index contributed by atoms with van der Waals surface area (Å²) in [7, 11) is 0. The predicted molar refractivity (Wildman–Crippen MR) is 135 cm³/mol. The molecule has 3 aromatic carbocycles. The number of carboxylic acid groups (broad SMARTS) is 1. The summed E-state index contributed by atoms with van der Waals surface area (Å²) >= 11 is 0. The number of β-amino-alcohol motifs (C(OH)–C–C–N with tert-alkyl or cyclic N) is 1. The molecule has 0 spiro atoms. The van der Waals surface area contributed by atoms with Crippen LogP contribution in [0.5, 0.6) is 5.75 Å². The SMILES string of the molecule is C[C@@H](OCC(O)CNC(C)(C)Cc1ccc2ccccc2c1)c1cccc2c1[C@@H]1[C@H](O2)[C@H]1C(=O)O. The molecular formula is C29H33NO5. The van der Waals surface area contributed by atoms with Crippen molar-refractivity contribution in [2.45, 2.75) is 57.0 Å². The number of carboxylic acids is 1. The molecule has 0 saturated heterocycles. The number of ether oxygens (including phenoxy) is 2. The molecule has 184 valence electrons. The van der Waals surface area contributed by atoms with Crippen LogP contribution in [0.3, 0.4) is 0 Å². The second-order valence-corrected chi connectivity index (χ2v) is 10.5. The number of rotatable bonds is 10. The molecule has 1 fully saturated rings. The van der Waals surface area contributed by atoms with Crippen LogP contribution in [-0.4, -0.2) is 47.1 Å². The number of aliphatic hydroxyl groups is 1. The van der Waals surface area contributed by atoms with Crippen LogP contribution in [0.15, 0.2) is 60.7 Å². The fourth-order valence-electron chi connectivity index (χ4n) is 5.31. The molecule has 0 aromatic heterocycles. The summed E-state index contributed by atoms with van der Waals surface area (Å²) in [6, 6.07) is 20.6. The van der Waals surface area contributed by atoms with E-state index in [-0.39, 0.29) is 30.3 Å². The van der Waals surface area contributed by atoms with Crippen molar-refractivity contribution in [1.29, 1.82) is 0 Å². The summed E-state index contributed by atoms with van der Waals surface area (Å²) in [5.41, 5.74) is 2.94. The molecular weight excluding hydrogens is 442 g/mol. The maximum absolute atomic E-state index is 11.5. The third-order valence-corrected chi connectivity index (χ3v) is 7.19. The third-order valence-electron chi connectivity index (χ3n) is 7.19. The molecule has 1 unspecified atom stereocenters. The van der Waals surface area contributed by atoms with E-state index < -0.39 is 18.0 Å². The first kappa shape index (κ1) is 23.8. The van der Waals surface area contributed by atoms with E-state index in [0.29, 0.717) is 6.54 Å². The van der Waals surface area contributed by atoms with Gasteiger partial charge < -0.3 is 25.0 Å². The lowest BCUT2D eigenvalue weighted by Gasteiger charge is -2.28. The second kappa shape index (κ2) is 9.26. The van der Waals surface area contributed by atoms with Crippen LogP contribution in [0.4, 0.5) is 0 Å². The van der Waals surface area contributed by atoms with Gasteiger partial charge in [0.1, 0.15) is 17.8 Å². The van der Waals surface area contributed by atoms with E-state index in [1.807, 2.05) is 31.2 Å². The smallest absolute Gasteiger partial charge is 0.311 e. The summed E-state index contributed by atoms with van der Waals surface area (Å²) in [5, 5.41) is 25.9. The van der Waals surface area contributed by atoms with E-state index in [1.165, 1.54) is 16.3 Å². The van der Waals surface area contributed by atoms with Crippen LogP contribution in [0.25, 0.3) is 10.8 Å². The largest absolute Gasteiger partial charge is 0.489 e. The second-order valence-electron chi connectivity index (χ2n) is 10.5. The fraction of sp³-hybridized carbons (Fsp3) is 0.414. The standard InChI is InChI=1S/C29H33NO5/c1-17(22-9-6-10-23-24(22)25-26(28(32)33)27(25)35-23)34-16-21(31)15-30-29(2,3)14-18-11-12-19-7-4-5-8-20(19)13-18/h4-13,17,21,25-27,30-31H,14-16H2,1-3H3,(H,32,33)/t17-,21?,25+,26+,27+/m1/s1. The van der Waals surface area contributed by atoms with Gasteiger partial charge in [0.15, 0.2) is 0 Å². The van der Waals surface area contributed by atoms with Crippen molar-refractivity contribution in [3.8, 4) is 5.75 Å². The normalized spacial score (nSPS) is 22.2. The molecule has 1 saturated carbocycles. The van der Waals surface area contributed by atoms with Crippen molar-refractivity contribution in [2.24, 2.45) is 5.92 Å². The molecule has 2 aliphatic rings. The highest BCUT2D eigenvalue weighted by Crippen LogP contribution is 2.60. The first-order valence-corrected chi connectivity index (χ1v) is 12.3. The molecule has 5 rings (SSSR count). The molecule has 5 atom stereocenters. The quantitative estimate of drug-likeness (QED) is 0.402. The van der Waals surface area contributed by atoms with E-state index in [9.17, 15) is 15.0 Å². The molecule has 0 bridgehead atoms. The lowest BCUT2D eigenvalue weighted by molar-refractivity contribution is -0.139. The van der Waals surface area contributed by atoms with Gasteiger partial charge in [-0.05, 0) is 55.2 Å². The molecule has 6 heteroatoms. The van der Waals surface area contributed by atoms with Gasteiger partial charge >= 0.3 is 5.97 Å². The number of hydrogen-bond acceptors (Lipinski definition) is 5. The Balaban J connectivity index is 1.14. The summed E-state index contributed by atoms with van der Waals surface area (Å²) in [5.74, 6) is -0.646. The minimum atomic E-state index is -0.818. The van der Waals surface area contributed by atoms with Gasteiger partial charge in [-0.3, -0.25) is 4.79 Å². The first-order chi connectivity index (χ1) is 16.7. The number of aliphatic carboxylic acids is 1. The number of benzene rings is 3. The average molecular weight is 476 g/mol. The summed E-state index contributed by atoms with van der Waals surface area (Å²) in [4.78, 5) is 11.5. The minimum Gasteiger partial charge on any atom is -0.489 e. The summed E-state index contributed by atoms with van der Waals surface area (Å²) < 4.78 is 11.8. The Kier molecular flexibility index (Phi) is 6.30. The van der Waals surface area contributed by atoms with Gasteiger partial charge in [0, 0.05) is 23.6 Å². The van der Waals surface area contributed by atoms with Crippen molar-refractivity contribution in [2.75, 3.05) is 13.2 Å². The zero-order chi connectivity index (χ0) is 24.7. The maximum Gasteiger partial charge on any atom is 0.311 e. The van der Waals surface area contributed by atoms with Gasteiger partial charge in [-0.15, -0.1) is 0 Å². The topological polar surface area (TPSA) is 88.0 Å². The number of carbonyl (C=O) groups is 1. The molecule has 35 heavy (non-hydrogen) atoms. The Morgan fingerprint density at radius 2 is 1.89 bits per heavy atom. The number of nitrogens with one attached hydrogen (secondary N) is 1. The number of fused-ring (bicyclic) bond motifs is 4. The Morgan fingerprint density at radius 1 is 1.11 bits per heavy atom. The Labute approximate surface area is 205 Å². The van der Waals surface area contributed by atoms with Crippen molar-refractivity contribution >= 4 is 16.7 Å². The van der Waals surface area contributed by atoms with E-state index in [1.54, 1.807) is 0 Å². The zero-order valence-corrected chi connectivity index (χ0v) is 20.4. The van der Waals surface area contributed by atoms with E-state index in [4.69, 9.17) is 9.47 Å². The highest BCUT2D eigenvalue weighted by atomic mass is 16.5. The lowest BCUT2D eigenvalue weighted by atomic mass is 9.93. The van der Waals surface area contributed by atoms with Crippen LogP contribution >= 0.6 is 0 Å². The highest BCUT2D eigenvalue weighted by molar-refractivity contribution is 5.83. The van der Waals surface area contributed by atoms with Crippen molar-refractivity contribution in [1.82, 2.24) is 5.32 Å². The summed E-state index contributed by atoms with van der Waals surface area (Å²) in [6.45, 7) is 6.80. The Hall–Kier alpha value is -2.93. The van der Waals surface area contributed by atoms with Crippen LogP contribution in [-0.2, 0) is 16.0 Å². The molecule has 0 radical (unpaired) electrons. The van der Waals surface area contributed by atoms with Gasteiger partial charge in [-0.25, -0.2) is 0 Å². The average Bonchev–Trinajstić information content (AvgIpc) is 3.42. The molecule has 0 amide bonds. The van der Waals surface area contributed by atoms with Gasteiger partial charge in [-0.1, -0.05) is 54.6 Å². The highest BCUT2D eigenvalue weighted by Gasteiger charge is 2.63. The van der Waals surface area contributed by atoms with E-state index in [0.717, 1.165) is 23.3 Å². The predicted octanol–water partition coefficient (Wildman–Crippen LogP) is 4.45. The van der Waals surface area contributed by atoms with Crippen LogP contribution in [0.2, 0.25) is 0 Å². The monoisotopic (exact) mass is 475 g/mol. The fourth-order valence-corrected chi connectivity index (χ4v) is 5.31. The molecule has 6 nitrogen and oxygen atoms in total. The Bertz CT molecular complexity index is 1240. The van der Waals surface area contributed by atoms with Crippen molar-refractivity contribution in [3.05, 3.63) is 77.4 Å². The van der Waals surface area contributed by atoms with Gasteiger partial charge in [0.25, 0.3) is 0 Å². The first-order valence-electron chi connectivity index (χ1n) is 12.3. The van der Waals surface area contributed by atoms with Crippen molar-refractivity contribution < 1.29 is 24.5 Å². The van der Waals surface area contributed by atoms with E-state index in [2.05, 4.69) is 55.6 Å². The third kappa shape index (κ3) is 4.92. The van der Waals surface area contributed by atoms with Crippen LogP contribution in [0.1, 0.15) is 49.5 Å². The Morgan fingerprint density at radius 3 is 2.66 bits per heavy atom. The van der Waals surface area contributed by atoms with Gasteiger partial charge in [0.05, 0.1) is 18.8 Å². The van der Waals surface area contributed by atoms with E-state index >= 15 is 0 Å². The zero-order valence-electron chi connectivity index (χ0n) is 20.4. The molecule has 1 heterocycles. The van der Waals surface area contributed by atoms with Gasteiger partial charge in [0.2, 0.25) is 0 Å². The molecule has 3 N–H and O–H groups in total. The lowest BCUT2D eigenvalue weighted by Crippen LogP contribution is -2.46. The van der Waals surface area contributed by atoms with Crippen LogP contribution < -0.4 is 10.1 Å². The van der Waals surface area contributed by atoms with Gasteiger partial charge in [-0.2, -0.15) is 0 Å². The van der Waals surface area contributed by atoms with Crippen LogP contribution in [0, 0.1) is 5.92 Å². The maximum atomic E-state index is 11.5. The molecule has 3 aromatic rings. The minimum absolute atomic E-state index is 0.104. The number of aliphatic hydroxyl groups excluding tert-OH is 1.